The van der Waals surface area contributed by atoms with Gasteiger partial charge in [0.2, 0.25) is 0 Å². The Bertz CT molecular complexity index is 926. The lowest BCUT2D eigenvalue weighted by Crippen LogP contribution is -2.26. The molecule has 1 aromatic carbocycles. The Kier molecular flexibility index (Phi) is 4.10. The van der Waals surface area contributed by atoms with Crippen molar-refractivity contribution in [1.82, 2.24) is 24.3 Å². The molecule has 0 unspecified atom stereocenters. The van der Waals surface area contributed by atoms with Gasteiger partial charge >= 0.3 is 0 Å². The third-order valence-corrected chi connectivity index (χ3v) is 5.55. The Balaban J connectivity index is 1.78. The van der Waals surface area contributed by atoms with Gasteiger partial charge in [0, 0.05) is 13.1 Å². The van der Waals surface area contributed by atoms with Crippen LogP contribution in [0.4, 0.5) is 0 Å². The first kappa shape index (κ1) is 15.4. The van der Waals surface area contributed by atoms with Crippen molar-refractivity contribution in [2.75, 3.05) is 0 Å². The van der Waals surface area contributed by atoms with E-state index in [-0.39, 0.29) is 11.6 Å². The topological polar surface area (TPSA) is 65.6 Å². The van der Waals surface area contributed by atoms with Crippen molar-refractivity contribution in [3.63, 3.8) is 0 Å². The van der Waals surface area contributed by atoms with E-state index in [4.69, 9.17) is 4.98 Å². The summed E-state index contributed by atoms with van der Waals surface area (Å²) >= 11 is 1.56. The highest BCUT2D eigenvalue weighted by atomic mass is 32.2. The Morgan fingerprint density at radius 3 is 2.79 bits per heavy atom. The van der Waals surface area contributed by atoms with E-state index >= 15 is 0 Å². The van der Waals surface area contributed by atoms with Gasteiger partial charge in [-0.1, -0.05) is 36.7 Å². The van der Waals surface area contributed by atoms with E-state index in [1.807, 2.05) is 35.9 Å². The fourth-order valence-corrected chi connectivity index (χ4v) is 4.35. The van der Waals surface area contributed by atoms with Crippen molar-refractivity contribution < 1.29 is 0 Å². The second kappa shape index (κ2) is 6.39. The molecule has 124 valence electrons. The summed E-state index contributed by atoms with van der Waals surface area (Å²) in [5, 5.41) is 5.59. The highest BCUT2D eigenvalue weighted by Gasteiger charge is 2.23. The Morgan fingerprint density at radius 1 is 1.25 bits per heavy atom. The molecule has 7 heteroatoms. The van der Waals surface area contributed by atoms with Gasteiger partial charge in [-0.25, -0.2) is 9.97 Å². The first-order chi connectivity index (χ1) is 11.7. The summed E-state index contributed by atoms with van der Waals surface area (Å²) in [5.74, 6) is 1.52. The quantitative estimate of drug-likeness (QED) is 0.539. The normalized spacial score (nSPS) is 15.4. The van der Waals surface area contributed by atoms with Crippen LogP contribution < -0.4 is 5.56 Å². The lowest BCUT2D eigenvalue weighted by molar-refractivity contribution is 0.457. The molecular weight excluding hydrogens is 322 g/mol. The molecule has 0 saturated heterocycles. The number of rotatable bonds is 4. The van der Waals surface area contributed by atoms with E-state index in [9.17, 15) is 4.79 Å². The molecular formula is C17H19N5OS. The van der Waals surface area contributed by atoms with Crippen LogP contribution in [-0.4, -0.2) is 24.3 Å². The van der Waals surface area contributed by atoms with Crippen LogP contribution in [0.15, 0.2) is 40.5 Å². The molecule has 1 aliphatic rings. The SMILES string of the molecule is Cn1ncnc1CSc1nc2ccccc2c(=O)n1C1CCCC1. The van der Waals surface area contributed by atoms with Gasteiger partial charge in [0.15, 0.2) is 5.16 Å². The second-order valence-corrected chi connectivity index (χ2v) is 7.06. The van der Waals surface area contributed by atoms with E-state index < -0.39 is 0 Å². The number of para-hydroxylation sites is 1. The summed E-state index contributed by atoms with van der Waals surface area (Å²) in [6.07, 6.45) is 6.01. The molecule has 24 heavy (non-hydrogen) atoms. The maximum absolute atomic E-state index is 13.0. The number of hydrogen-bond donors (Lipinski definition) is 0. The van der Waals surface area contributed by atoms with Crippen LogP contribution in [0.5, 0.6) is 0 Å². The zero-order valence-electron chi connectivity index (χ0n) is 13.6. The lowest BCUT2D eigenvalue weighted by Gasteiger charge is -2.18. The molecule has 1 fully saturated rings. The smallest absolute Gasteiger partial charge is 0.262 e. The maximum atomic E-state index is 13.0. The van der Waals surface area contributed by atoms with Crippen LogP contribution in [0.25, 0.3) is 10.9 Å². The molecule has 3 aromatic rings. The number of benzene rings is 1. The summed E-state index contributed by atoms with van der Waals surface area (Å²) in [6, 6.07) is 7.86. The van der Waals surface area contributed by atoms with Gasteiger partial charge in [0.25, 0.3) is 5.56 Å². The highest BCUT2D eigenvalue weighted by molar-refractivity contribution is 7.98. The fourth-order valence-electron chi connectivity index (χ4n) is 3.29. The van der Waals surface area contributed by atoms with Crippen molar-refractivity contribution in [2.24, 2.45) is 7.05 Å². The molecule has 6 nitrogen and oxygen atoms in total. The van der Waals surface area contributed by atoms with Crippen LogP contribution in [0.3, 0.4) is 0 Å². The largest absolute Gasteiger partial charge is 0.284 e. The Hall–Kier alpha value is -2.15. The van der Waals surface area contributed by atoms with E-state index in [0.717, 1.165) is 29.3 Å². The van der Waals surface area contributed by atoms with Crippen LogP contribution >= 0.6 is 11.8 Å². The average Bonchev–Trinajstić information content (AvgIpc) is 3.25. The molecule has 4 rings (SSSR count). The van der Waals surface area contributed by atoms with Crippen molar-refractivity contribution in [1.29, 1.82) is 0 Å². The molecule has 2 heterocycles. The third-order valence-electron chi connectivity index (χ3n) is 4.60. The third kappa shape index (κ3) is 2.73. The molecule has 1 aliphatic carbocycles. The zero-order chi connectivity index (χ0) is 16.5. The first-order valence-electron chi connectivity index (χ1n) is 8.21. The molecule has 0 atom stereocenters. The molecule has 0 N–H and O–H groups in total. The molecule has 0 bridgehead atoms. The van der Waals surface area contributed by atoms with Crippen LogP contribution in [0, 0.1) is 0 Å². The summed E-state index contributed by atoms with van der Waals surface area (Å²) in [6.45, 7) is 0. The monoisotopic (exact) mass is 341 g/mol. The molecule has 0 amide bonds. The number of nitrogens with zero attached hydrogens (tertiary/aromatic N) is 5. The molecule has 1 saturated carbocycles. The Morgan fingerprint density at radius 2 is 2.04 bits per heavy atom. The highest BCUT2D eigenvalue weighted by Crippen LogP contribution is 2.32. The lowest BCUT2D eigenvalue weighted by atomic mass is 10.2. The van der Waals surface area contributed by atoms with Gasteiger partial charge in [-0.15, -0.1) is 0 Å². The Labute approximate surface area is 143 Å². The van der Waals surface area contributed by atoms with Crippen molar-refractivity contribution >= 4 is 22.7 Å². The second-order valence-electron chi connectivity index (χ2n) is 6.11. The minimum atomic E-state index is 0.0768. The molecule has 0 aliphatic heterocycles. The van der Waals surface area contributed by atoms with E-state index in [0.29, 0.717) is 11.1 Å². The van der Waals surface area contributed by atoms with Gasteiger partial charge < -0.3 is 0 Å². The van der Waals surface area contributed by atoms with Gasteiger partial charge in [0.05, 0.1) is 16.7 Å². The number of thioether (sulfide) groups is 1. The molecule has 0 radical (unpaired) electrons. The number of aryl methyl sites for hydroxylation is 1. The minimum absolute atomic E-state index is 0.0768. The number of aromatic nitrogens is 5. The van der Waals surface area contributed by atoms with Crippen LogP contribution in [-0.2, 0) is 12.8 Å². The van der Waals surface area contributed by atoms with Gasteiger partial charge in [-0.05, 0) is 25.0 Å². The van der Waals surface area contributed by atoms with E-state index in [1.165, 1.54) is 12.8 Å². The maximum Gasteiger partial charge on any atom is 0.262 e. The minimum Gasteiger partial charge on any atom is -0.284 e. The van der Waals surface area contributed by atoms with Crippen molar-refractivity contribution in [3.05, 3.63) is 46.8 Å². The molecule has 0 spiro atoms. The predicted octanol–water partition coefficient (Wildman–Crippen LogP) is 2.93. The van der Waals surface area contributed by atoms with Crippen molar-refractivity contribution in [3.8, 4) is 0 Å². The van der Waals surface area contributed by atoms with Gasteiger partial charge in [-0.2, -0.15) is 5.10 Å². The average molecular weight is 341 g/mol. The number of hydrogen-bond acceptors (Lipinski definition) is 5. The predicted molar refractivity (Wildman–Crippen MR) is 94.1 cm³/mol. The number of fused-ring (bicyclic) bond motifs is 1. The fraction of sp³-hybridized carbons (Fsp3) is 0.412. The van der Waals surface area contributed by atoms with Gasteiger partial charge in [0.1, 0.15) is 12.2 Å². The first-order valence-corrected chi connectivity index (χ1v) is 9.19. The summed E-state index contributed by atoms with van der Waals surface area (Å²) in [5.41, 5.74) is 0.838. The molecule has 2 aromatic heterocycles. The van der Waals surface area contributed by atoms with Crippen LogP contribution in [0.2, 0.25) is 0 Å². The van der Waals surface area contributed by atoms with E-state index in [1.54, 1.807) is 22.8 Å². The van der Waals surface area contributed by atoms with Gasteiger partial charge in [-0.3, -0.25) is 14.0 Å². The van der Waals surface area contributed by atoms with E-state index in [2.05, 4.69) is 10.1 Å². The zero-order valence-corrected chi connectivity index (χ0v) is 14.4. The van der Waals surface area contributed by atoms with Crippen molar-refractivity contribution in [2.45, 2.75) is 42.6 Å². The standard InChI is InChI=1S/C17H19N5OS/c1-21-15(18-11-19-21)10-24-17-20-14-9-5-4-8-13(14)16(23)22(17)12-6-2-3-7-12/h4-5,8-9,11-12H,2-3,6-7,10H2,1H3. The summed E-state index contributed by atoms with van der Waals surface area (Å²) in [4.78, 5) is 22.1. The van der Waals surface area contributed by atoms with Crippen LogP contribution in [0.1, 0.15) is 37.5 Å². The summed E-state index contributed by atoms with van der Waals surface area (Å²) in [7, 11) is 1.88. The summed E-state index contributed by atoms with van der Waals surface area (Å²) < 4.78 is 3.67.